The Hall–Kier alpha value is -1.19. The first-order valence-electron chi connectivity index (χ1n) is 12.9. The second kappa shape index (κ2) is 8.94. The number of ketones is 2. The average Bonchev–Trinajstić information content (AvgIpc) is 3.00. The van der Waals surface area contributed by atoms with Crippen LogP contribution in [0.3, 0.4) is 0 Å². The van der Waals surface area contributed by atoms with E-state index in [0.717, 1.165) is 0 Å². The number of ether oxygens (including phenoxy) is 1. The molecule has 0 spiro atoms. The van der Waals surface area contributed by atoms with E-state index in [1.54, 1.807) is 20.8 Å². The molecule has 204 valence electrons. The van der Waals surface area contributed by atoms with Gasteiger partial charge in [-0.2, -0.15) is 0 Å². The molecule has 9 atom stereocenters. The van der Waals surface area contributed by atoms with Gasteiger partial charge in [0.15, 0.2) is 5.60 Å². The Morgan fingerprint density at radius 1 is 1.17 bits per heavy atom. The molecule has 3 unspecified atom stereocenters. The number of carbonyl (C=O) groups is 3. The molecule has 0 aromatic rings. The number of alkyl halides is 1. The summed E-state index contributed by atoms with van der Waals surface area (Å²) < 4.78 is 39.1. The van der Waals surface area contributed by atoms with Crippen LogP contribution in [-0.2, 0) is 28.2 Å². The highest BCUT2D eigenvalue weighted by atomic mass is 31.2. The van der Waals surface area contributed by atoms with E-state index in [1.807, 2.05) is 6.92 Å². The molecule has 36 heavy (non-hydrogen) atoms. The zero-order valence-corrected chi connectivity index (χ0v) is 22.3. The van der Waals surface area contributed by atoms with E-state index in [4.69, 9.17) is 4.74 Å². The van der Waals surface area contributed by atoms with Gasteiger partial charge in [0.25, 0.3) is 0 Å². The molecule has 0 radical (unpaired) electrons. The topological polar surface area (TPSA) is 147 Å². The fraction of sp³-hybridized carbons (Fsp3) is 0.880. The van der Waals surface area contributed by atoms with E-state index in [1.165, 1.54) is 0 Å². The zero-order valence-electron chi connectivity index (χ0n) is 21.4. The van der Waals surface area contributed by atoms with Crippen molar-refractivity contribution in [2.24, 2.45) is 34.5 Å². The number of aliphatic hydroxyl groups is 1. The molecule has 0 aromatic carbocycles. The van der Waals surface area contributed by atoms with Gasteiger partial charge < -0.3 is 19.6 Å². The Morgan fingerprint density at radius 3 is 2.44 bits per heavy atom. The second-order valence-electron chi connectivity index (χ2n) is 11.9. The maximum atomic E-state index is 17.4. The first kappa shape index (κ1) is 27.8. The minimum absolute atomic E-state index is 0.0331. The Bertz CT molecular complexity index is 998. The molecule has 9 nitrogen and oxygen atoms in total. The van der Waals surface area contributed by atoms with Crippen LogP contribution in [0.4, 0.5) is 4.39 Å². The van der Waals surface area contributed by atoms with Crippen molar-refractivity contribution in [3.05, 3.63) is 0 Å². The first-order chi connectivity index (χ1) is 16.6. The largest absolute Gasteiger partial charge is 0.470 e. The Balaban J connectivity index is 1.79. The summed E-state index contributed by atoms with van der Waals surface area (Å²) in [5.74, 6) is -3.16. The maximum absolute atomic E-state index is 17.4. The van der Waals surface area contributed by atoms with Gasteiger partial charge in [-0.05, 0) is 49.9 Å². The van der Waals surface area contributed by atoms with Crippen molar-refractivity contribution >= 4 is 25.4 Å². The lowest BCUT2D eigenvalue weighted by Crippen LogP contribution is -2.71. The van der Waals surface area contributed by atoms with E-state index in [2.05, 4.69) is 4.52 Å². The Labute approximate surface area is 210 Å². The van der Waals surface area contributed by atoms with Gasteiger partial charge in [-0.1, -0.05) is 27.7 Å². The van der Waals surface area contributed by atoms with Crippen molar-refractivity contribution in [1.29, 1.82) is 0 Å². The van der Waals surface area contributed by atoms with Gasteiger partial charge in [-0.3, -0.25) is 18.9 Å². The van der Waals surface area contributed by atoms with E-state index in [0.29, 0.717) is 32.1 Å². The lowest BCUT2D eigenvalue weighted by molar-refractivity contribution is -0.257. The lowest BCUT2D eigenvalue weighted by atomic mass is 9.42. The lowest BCUT2D eigenvalue weighted by Gasteiger charge is -2.65. The number of hydrogen-bond donors (Lipinski definition) is 3. The highest BCUT2D eigenvalue weighted by Gasteiger charge is 2.77. The highest BCUT2D eigenvalue weighted by molar-refractivity contribution is 7.46. The van der Waals surface area contributed by atoms with Gasteiger partial charge in [0.05, 0.1) is 6.10 Å². The van der Waals surface area contributed by atoms with E-state index < -0.39 is 72.1 Å². The predicted octanol–water partition coefficient (Wildman–Crippen LogP) is 3.28. The minimum atomic E-state index is -4.98. The SMILES string of the molecule is CCC(=O)O[C@]1(C(=O)COP(=O)(O)O)C(C)C[C@H]2[C@@H]3CCC4CC(=O)CC[C@]4(C)[C@@]3(F)C(O)C[C@@]21C. The Morgan fingerprint density at radius 2 is 1.83 bits per heavy atom. The molecular formula is C25H38FO9P. The predicted molar refractivity (Wildman–Crippen MR) is 125 cm³/mol. The number of phosphoric ester groups is 1. The van der Waals surface area contributed by atoms with Gasteiger partial charge in [0.2, 0.25) is 5.78 Å². The molecule has 11 heteroatoms. The summed E-state index contributed by atoms with van der Waals surface area (Å²) in [5.41, 5.74) is -5.88. The fourth-order valence-corrected chi connectivity index (χ4v) is 9.03. The van der Waals surface area contributed by atoms with E-state index >= 15 is 4.39 Å². The molecular weight excluding hydrogens is 494 g/mol. The number of hydrogen-bond acceptors (Lipinski definition) is 7. The van der Waals surface area contributed by atoms with Crippen molar-refractivity contribution in [2.75, 3.05) is 6.61 Å². The van der Waals surface area contributed by atoms with Gasteiger partial charge in [0.1, 0.15) is 18.1 Å². The number of esters is 1. The van der Waals surface area contributed by atoms with E-state index in [9.17, 15) is 33.8 Å². The van der Waals surface area contributed by atoms with Crippen LogP contribution in [0.15, 0.2) is 0 Å². The molecule has 0 bridgehead atoms. The smallest absolute Gasteiger partial charge is 0.450 e. The molecule has 0 aromatic heterocycles. The monoisotopic (exact) mass is 532 g/mol. The van der Waals surface area contributed by atoms with Gasteiger partial charge >= 0.3 is 13.8 Å². The summed E-state index contributed by atoms with van der Waals surface area (Å²) >= 11 is 0. The number of aliphatic hydroxyl groups excluding tert-OH is 1. The first-order valence-corrected chi connectivity index (χ1v) is 14.4. The number of phosphoric acid groups is 1. The van der Waals surface area contributed by atoms with Crippen LogP contribution in [-0.4, -0.2) is 56.4 Å². The van der Waals surface area contributed by atoms with Gasteiger partial charge in [0, 0.05) is 36.0 Å². The molecule has 0 amide bonds. The van der Waals surface area contributed by atoms with Crippen LogP contribution in [0, 0.1) is 34.5 Å². The maximum Gasteiger partial charge on any atom is 0.470 e. The van der Waals surface area contributed by atoms with Crippen LogP contribution in [0.25, 0.3) is 0 Å². The van der Waals surface area contributed by atoms with Crippen molar-refractivity contribution in [3.63, 3.8) is 0 Å². The van der Waals surface area contributed by atoms with Crippen molar-refractivity contribution in [1.82, 2.24) is 0 Å². The molecule has 0 saturated heterocycles. The number of rotatable bonds is 6. The molecule has 4 fully saturated rings. The second-order valence-corrected chi connectivity index (χ2v) is 13.2. The van der Waals surface area contributed by atoms with Crippen LogP contribution in [0.1, 0.15) is 79.1 Å². The molecule has 4 rings (SSSR count). The minimum Gasteiger partial charge on any atom is -0.450 e. The van der Waals surface area contributed by atoms with Crippen molar-refractivity contribution in [2.45, 2.75) is 96.4 Å². The number of fused-ring (bicyclic) bond motifs is 5. The van der Waals surface area contributed by atoms with Gasteiger partial charge in [-0.15, -0.1) is 0 Å². The summed E-state index contributed by atoms with van der Waals surface area (Å²) in [4.78, 5) is 56.8. The number of halogens is 1. The third kappa shape index (κ3) is 3.77. The standard InChI is InChI=1S/C25H38FO9P/c1-5-21(30)35-25(20(29)13-34-36(31,32)33)14(2)10-18-17-7-6-15-11-16(27)8-9-22(15,3)24(17,26)19(28)12-23(18,25)4/h14-15,17-19,28H,5-13H2,1-4H3,(H2,31,32,33)/t14?,15?,17-,18-,19?,22-,23-,24-,25-/m0/s1. The van der Waals surface area contributed by atoms with Crippen LogP contribution in [0.5, 0.6) is 0 Å². The third-order valence-corrected chi connectivity index (χ3v) is 10.9. The molecule has 0 aliphatic heterocycles. The highest BCUT2D eigenvalue weighted by Crippen LogP contribution is 2.72. The van der Waals surface area contributed by atoms with Crippen molar-refractivity contribution < 1.29 is 47.5 Å². The molecule has 4 aliphatic rings. The zero-order chi connectivity index (χ0) is 26.9. The van der Waals surface area contributed by atoms with Crippen LogP contribution in [0.2, 0.25) is 0 Å². The summed E-state index contributed by atoms with van der Waals surface area (Å²) in [6.07, 6.45) is 0.664. The molecule has 0 heterocycles. The number of Topliss-reactive ketones (excluding diaryl/α,β-unsaturated/α-hetero) is 2. The molecule has 4 saturated carbocycles. The number of carbonyl (C=O) groups excluding carboxylic acids is 3. The summed E-state index contributed by atoms with van der Waals surface area (Å²) in [7, 11) is -4.98. The van der Waals surface area contributed by atoms with Gasteiger partial charge in [-0.25, -0.2) is 8.96 Å². The van der Waals surface area contributed by atoms with Crippen molar-refractivity contribution in [3.8, 4) is 0 Å². The quantitative estimate of drug-likeness (QED) is 0.346. The van der Waals surface area contributed by atoms with Crippen LogP contribution >= 0.6 is 7.82 Å². The Kier molecular flexibility index (Phi) is 6.91. The summed E-state index contributed by atoms with van der Waals surface area (Å²) in [6.45, 7) is 5.88. The third-order valence-electron chi connectivity index (χ3n) is 10.4. The molecule has 3 N–H and O–H groups in total. The van der Waals surface area contributed by atoms with E-state index in [-0.39, 0.29) is 31.0 Å². The average molecular weight is 533 g/mol. The molecule has 4 aliphatic carbocycles. The summed E-state index contributed by atoms with van der Waals surface area (Å²) in [6, 6.07) is 0. The fourth-order valence-electron chi connectivity index (χ4n) is 8.74. The summed E-state index contributed by atoms with van der Waals surface area (Å²) in [5, 5.41) is 11.5. The normalized spacial score (nSPS) is 46.4. The van der Waals surface area contributed by atoms with Crippen LogP contribution < -0.4 is 0 Å².